The Balaban J connectivity index is 2.71. The first-order chi connectivity index (χ1) is 9.60. The van der Waals surface area contributed by atoms with Crippen molar-refractivity contribution in [2.45, 2.75) is 33.4 Å². The van der Waals surface area contributed by atoms with E-state index in [9.17, 15) is 9.18 Å². The van der Waals surface area contributed by atoms with Crippen molar-refractivity contribution in [2.24, 2.45) is 5.73 Å². The standard InChI is InChI=1S/C15H23FN2O2/c1-3-7-18(11-15(19)20-4-2)10-13-6-5-12(9-17)8-14(13)16/h5-6,8H,3-4,7,9-11,17H2,1-2H3. The molecule has 0 aromatic heterocycles. The highest BCUT2D eigenvalue weighted by Gasteiger charge is 2.13. The van der Waals surface area contributed by atoms with E-state index in [-0.39, 0.29) is 18.3 Å². The smallest absolute Gasteiger partial charge is 0.320 e. The van der Waals surface area contributed by atoms with Crippen LogP contribution in [0.15, 0.2) is 18.2 Å². The summed E-state index contributed by atoms with van der Waals surface area (Å²) in [6.45, 7) is 5.76. The molecule has 0 saturated carbocycles. The summed E-state index contributed by atoms with van der Waals surface area (Å²) in [5, 5.41) is 0. The van der Waals surface area contributed by atoms with E-state index in [0.717, 1.165) is 18.5 Å². The molecule has 0 bridgehead atoms. The number of esters is 1. The van der Waals surface area contributed by atoms with Crippen LogP contribution in [0.25, 0.3) is 0 Å². The van der Waals surface area contributed by atoms with Crippen molar-refractivity contribution in [3.05, 3.63) is 35.1 Å². The number of hydrogen-bond donors (Lipinski definition) is 1. The van der Waals surface area contributed by atoms with Gasteiger partial charge in [-0.05, 0) is 31.5 Å². The lowest BCUT2D eigenvalue weighted by molar-refractivity contribution is -0.144. The predicted octanol–water partition coefficient (Wildman–Crippen LogP) is 2.06. The minimum atomic E-state index is -0.280. The van der Waals surface area contributed by atoms with Crippen LogP contribution in [0, 0.1) is 5.82 Å². The quantitative estimate of drug-likeness (QED) is 0.742. The maximum Gasteiger partial charge on any atom is 0.320 e. The van der Waals surface area contributed by atoms with Gasteiger partial charge in [-0.2, -0.15) is 0 Å². The number of benzene rings is 1. The number of rotatable bonds is 8. The zero-order valence-corrected chi connectivity index (χ0v) is 12.2. The van der Waals surface area contributed by atoms with Crippen LogP contribution in [0.2, 0.25) is 0 Å². The number of carbonyl (C=O) groups excluding carboxylic acids is 1. The van der Waals surface area contributed by atoms with Crippen LogP contribution in [-0.4, -0.2) is 30.6 Å². The molecule has 2 N–H and O–H groups in total. The van der Waals surface area contributed by atoms with Gasteiger partial charge in [-0.1, -0.05) is 19.1 Å². The van der Waals surface area contributed by atoms with Gasteiger partial charge in [-0.25, -0.2) is 4.39 Å². The van der Waals surface area contributed by atoms with E-state index in [1.807, 2.05) is 17.9 Å². The second kappa shape index (κ2) is 8.66. The number of nitrogens with zero attached hydrogens (tertiary/aromatic N) is 1. The van der Waals surface area contributed by atoms with Gasteiger partial charge in [-0.3, -0.25) is 9.69 Å². The van der Waals surface area contributed by atoms with E-state index in [2.05, 4.69) is 0 Å². The van der Waals surface area contributed by atoms with Gasteiger partial charge in [0.1, 0.15) is 5.82 Å². The van der Waals surface area contributed by atoms with E-state index in [1.54, 1.807) is 13.0 Å². The van der Waals surface area contributed by atoms with Crippen molar-refractivity contribution in [1.82, 2.24) is 4.90 Å². The lowest BCUT2D eigenvalue weighted by Crippen LogP contribution is -2.31. The van der Waals surface area contributed by atoms with Crippen LogP contribution in [0.3, 0.4) is 0 Å². The first-order valence-electron chi connectivity index (χ1n) is 6.96. The fourth-order valence-electron chi connectivity index (χ4n) is 2.01. The normalized spacial score (nSPS) is 10.8. The van der Waals surface area contributed by atoms with Gasteiger partial charge in [0.05, 0.1) is 13.2 Å². The largest absolute Gasteiger partial charge is 0.465 e. The summed E-state index contributed by atoms with van der Waals surface area (Å²) in [6, 6.07) is 4.99. The van der Waals surface area contributed by atoms with Gasteiger partial charge in [0.2, 0.25) is 0 Å². The van der Waals surface area contributed by atoms with Crippen molar-refractivity contribution in [2.75, 3.05) is 19.7 Å². The van der Waals surface area contributed by atoms with E-state index < -0.39 is 0 Å². The average Bonchev–Trinajstić information content (AvgIpc) is 2.41. The molecule has 0 unspecified atom stereocenters. The van der Waals surface area contributed by atoms with E-state index in [1.165, 1.54) is 6.07 Å². The number of halogens is 1. The van der Waals surface area contributed by atoms with E-state index in [4.69, 9.17) is 10.5 Å². The Morgan fingerprint density at radius 2 is 2.15 bits per heavy atom. The maximum absolute atomic E-state index is 13.9. The average molecular weight is 282 g/mol. The van der Waals surface area contributed by atoms with Gasteiger partial charge in [0, 0.05) is 18.7 Å². The van der Waals surface area contributed by atoms with Crippen molar-refractivity contribution in [1.29, 1.82) is 0 Å². The second-order valence-corrected chi connectivity index (χ2v) is 4.65. The maximum atomic E-state index is 13.9. The van der Waals surface area contributed by atoms with Gasteiger partial charge in [0.25, 0.3) is 0 Å². The Bertz CT molecular complexity index is 438. The Labute approximate surface area is 119 Å². The van der Waals surface area contributed by atoms with Crippen LogP contribution in [-0.2, 0) is 22.6 Å². The molecule has 0 aliphatic heterocycles. The summed E-state index contributed by atoms with van der Waals surface area (Å²) in [4.78, 5) is 13.4. The summed E-state index contributed by atoms with van der Waals surface area (Å²) >= 11 is 0. The molecule has 1 aromatic rings. The minimum Gasteiger partial charge on any atom is -0.465 e. The zero-order valence-electron chi connectivity index (χ0n) is 12.2. The summed E-state index contributed by atoms with van der Waals surface area (Å²) in [6.07, 6.45) is 0.891. The Hall–Kier alpha value is -1.46. The molecule has 0 spiro atoms. The molecule has 5 heteroatoms. The molecule has 0 aliphatic rings. The molecule has 4 nitrogen and oxygen atoms in total. The fraction of sp³-hybridized carbons (Fsp3) is 0.533. The van der Waals surface area contributed by atoms with Crippen LogP contribution in [0.4, 0.5) is 4.39 Å². The van der Waals surface area contributed by atoms with Crippen LogP contribution in [0.1, 0.15) is 31.4 Å². The van der Waals surface area contributed by atoms with E-state index in [0.29, 0.717) is 25.3 Å². The minimum absolute atomic E-state index is 0.180. The summed E-state index contributed by atoms with van der Waals surface area (Å²) in [7, 11) is 0. The Morgan fingerprint density at radius 1 is 1.40 bits per heavy atom. The highest BCUT2D eigenvalue weighted by Crippen LogP contribution is 2.13. The van der Waals surface area contributed by atoms with Gasteiger partial charge < -0.3 is 10.5 Å². The molecule has 20 heavy (non-hydrogen) atoms. The topological polar surface area (TPSA) is 55.6 Å². The molecular formula is C15H23FN2O2. The molecule has 0 radical (unpaired) electrons. The van der Waals surface area contributed by atoms with Crippen molar-refractivity contribution in [3.8, 4) is 0 Å². The van der Waals surface area contributed by atoms with E-state index >= 15 is 0 Å². The number of hydrogen-bond acceptors (Lipinski definition) is 4. The molecule has 0 amide bonds. The van der Waals surface area contributed by atoms with Gasteiger partial charge in [0.15, 0.2) is 0 Å². The molecular weight excluding hydrogens is 259 g/mol. The Morgan fingerprint density at radius 3 is 2.70 bits per heavy atom. The Kier molecular flexibility index (Phi) is 7.18. The summed E-state index contributed by atoms with van der Waals surface area (Å²) < 4.78 is 18.9. The third-order valence-electron chi connectivity index (χ3n) is 2.94. The summed E-state index contributed by atoms with van der Waals surface area (Å²) in [5.74, 6) is -0.558. The molecule has 0 fully saturated rings. The highest BCUT2D eigenvalue weighted by molar-refractivity contribution is 5.71. The number of carbonyl (C=O) groups is 1. The highest BCUT2D eigenvalue weighted by atomic mass is 19.1. The molecule has 0 aliphatic carbocycles. The monoisotopic (exact) mass is 282 g/mol. The van der Waals surface area contributed by atoms with Crippen molar-refractivity contribution < 1.29 is 13.9 Å². The second-order valence-electron chi connectivity index (χ2n) is 4.65. The molecule has 0 atom stereocenters. The van der Waals surface area contributed by atoms with Crippen LogP contribution >= 0.6 is 0 Å². The zero-order chi connectivity index (χ0) is 15.0. The fourth-order valence-corrected chi connectivity index (χ4v) is 2.01. The predicted molar refractivity (Wildman–Crippen MR) is 76.5 cm³/mol. The van der Waals surface area contributed by atoms with Crippen LogP contribution < -0.4 is 5.73 Å². The lowest BCUT2D eigenvalue weighted by Gasteiger charge is -2.21. The molecule has 1 aromatic carbocycles. The third-order valence-corrected chi connectivity index (χ3v) is 2.94. The third kappa shape index (κ3) is 5.27. The summed E-state index contributed by atoms with van der Waals surface area (Å²) in [5.41, 5.74) is 6.81. The SMILES string of the molecule is CCCN(CC(=O)OCC)Cc1ccc(CN)cc1F. The van der Waals surface area contributed by atoms with Crippen LogP contribution in [0.5, 0.6) is 0 Å². The van der Waals surface area contributed by atoms with Crippen molar-refractivity contribution >= 4 is 5.97 Å². The molecule has 1 rings (SSSR count). The van der Waals surface area contributed by atoms with Gasteiger partial charge in [-0.15, -0.1) is 0 Å². The first kappa shape index (κ1) is 16.6. The molecule has 112 valence electrons. The molecule has 0 saturated heterocycles. The first-order valence-corrected chi connectivity index (χ1v) is 6.96. The van der Waals surface area contributed by atoms with Gasteiger partial charge >= 0.3 is 5.97 Å². The molecule has 0 heterocycles. The lowest BCUT2D eigenvalue weighted by atomic mass is 10.1. The number of ether oxygens (including phenoxy) is 1. The number of nitrogens with two attached hydrogens (primary N) is 1. The van der Waals surface area contributed by atoms with Crippen molar-refractivity contribution in [3.63, 3.8) is 0 Å².